The lowest BCUT2D eigenvalue weighted by atomic mass is 9.93. The molecule has 1 saturated heterocycles. The fourth-order valence-electron chi connectivity index (χ4n) is 2.59. The fourth-order valence-corrected chi connectivity index (χ4v) is 2.59. The van der Waals surface area contributed by atoms with Gasteiger partial charge in [0.25, 0.3) is 0 Å². The molecular formula is C16H28O4. The number of ether oxygens (including phenoxy) is 2. The van der Waals surface area contributed by atoms with E-state index in [-0.39, 0.29) is 11.8 Å². The Morgan fingerprint density at radius 1 is 1.00 bits per heavy atom. The van der Waals surface area contributed by atoms with Crippen LogP contribution < -0.4 is 0 Å². The standard InChI is InChI=1S/C16H28O4/c1-19-16(18)14-10-6-4-2-3-5-8-12-20-13-9-7-11-15(14)17/h14H,2-13H2,1H3. The molecule has 1 atom stereocenters. The summed E-state index contributed by atoms with van der Waals surface area (Å²) < 4.78 is 10.3. The van der Waals surface area contributed by atoms with E-state index in [1.807, 2.05) is 0 Å². The molecule has 0 spiro atoms. The molecule has 0 saturated carbocycles. The molecule has 4 heteroatoms. The van der Waals surface area contributed by atoms with Gasteiger partial charge in [-0.15, -0.1) is 0 Å². The zero-order chi connectivity index (χ0) is 14.6. The molecule has 4 nitrogen and oxygen atoms in total. The summed E-state index contributed by atoms with van der Waals surface area (Å²) in [6, 6.07) is 0. The van der Waals surface area contributed by atoms with E-state index < -0.39 is 5.92 Å². The maximum atomic E-state index is 12.1. The van der Waals surface area contributed by atoms with Gasteiger partial charge in [0, 0.05) is 19.6 Å². The summed E-state index contributed by atoms with van der Waals surface area (Å²) in [7, 11) is 1.36. The summed E-state index contributed by atoms with van der Waals surface area (Å²) in [6.07, 6.45) is 9.52. The second kappa shape index (κ2) is 10.8. The molecule has 0 aromatic carbocycles. The van der Waals surface area contributed by atoms with Crippen LogP contribution in [0.15, 0.2) is 0 Å². The fraction of sp³-hybridized carbons (Fsp3) is 0.875. The molecule has 0 aromatic heterocycles. The van der Waals surface area contributed by atoms with Crippen LogP contribution in [-0.4, -0.2) is 32.1 Å². The minimum absolute atomic E-state index is 0.0340. The Labute approximate surface area is 122 Å². The number of Topliss-reactive ketones (excluding diaryl/α,β-unsaturated/α-hetero) is 1. The Bertz CT molecular complexity index is 288. The highest BCUT2D eigenvalue weighted by molar-refractivity contribution is 5.98. The molecule has 0 amide bonds. The Kier molecular flexibility index (Phi) is 9.29. The molecule has 0 radical (unpaired) electrons. The van der Waals surface area contributed by atoms with Gasteiger partial charge in [-0.05, 0) is 25.7 Å². The molecule has 1 rings (SSSR count). The van der Waals surface area contributed by atoms with E-state index in [0.717, 1.165) is 45.3 Å². The van der Waals surface area contributed by atoms with Crippen LogP contribution in [0, 0.1) is 5.92 Å². The third-order valence-electron chi connectivity index (χ3n) is 3.87. The van der Waals surface area contributed by atoms with Crippen molar-refractivity contribution in [3.63, 3.8) is 0 Å². The number of hydrogen-bond acceptors (Lipinski definition) is 4. The molecule has 0 bridgehead atoms. The van der Waals surface area contributed by atoms with Gasteiger partial charge in [-0.3, -0.25) is 9.59 Å². The SMILES string of the molecule is COC(=O)C1CCCCCCCCOCCCCC1=O. The van der Waals surface area contributed by atoms with Crippen LogP contribution >= 0.6 is 0 Å². The monoisotopic (exact) mass is 284 g/mol. The van der Waals surface area contributed by atoms with Crippen molar-refractivity contribution in [2.45, 2.75) is 64.2 Å². The van der Waals surface area contributed by atoms with Crippen molar-refractivity contribution in [1.29, 1.82) is 0 Å². The normalized spacial score (nSPS) is 24.4. The predicted molar refractivity (Wildman–Crippen MR) is 77.5 cm³/mol. The predicted octanol–water partition coefficient (Wildman–Crippen LogP) is 3.28. The minimum Gasteiger partial charge on any atom is -0.468 e. The first-order valence-corrected chi connectivity index (χ1v) is 7.94. The van der Waals surface area contributed by atoms with E-state index in [1.165, 1.54) is 26.4 Å². The lowest BCUT2D eigenvalue weighted by Crippen LogP contribution is -2.25. The van der Waals surface area contributed by atoms with E-state index in [9.17, 15) is 9.59 Å². The molecule has 1 heterocycles. The summed E-state index contributed by atoms with van der Waals surface area (Å²) in [5.41, 5.74) is 0. The molecule has 0 N–H and O–H groups in total. The van der Waals surface area contributed by atoms with Crippen LogP contribution in [0.4, 0.5) is 0 Å². The van der Waals surface area contributed by atoms with Gasteiger partial charge in [-0.25, -0.2) is 0 Å². The van der Waals surface area contributed by atoms with Crippen LogP contribution in [0.25, 0.3) is 0 Å². The summed E-state index contributed by atoms with van der Waals surface area (Å²) in [4.78, 5) is 23.8. The average molecular weight is 284 g/mol. The Morgan fingerprint density at radius 2 is 1.60 bits per heavy atom. The molecule has 116 valence electrons. The van der Waals surface area contributed by atoms with E-state index >= 15 is 0 Å². The van der Waals surface area contributed by atoms with Crippen LogP contribution in [-0.2, 0) is 19.1 Å². The van der Waals surface area contributed by atoms with E-state index in [2.05, 4.69) is 0 Å². The first kappa shape index (κ1) is 17.2. The number of esters is 1. The molecule has 0 aromatic rings. The van der Waals surface area contributed by atoms with Gasteiger partial charge < -0.3 is 9.47 Å². The summed E-state index contributed by atoms with van der Waals surface area (Å²) >= 11 is 0. The summed E-state index contributed by atoms with van der Waals surface area (Å²) in [6.45, 7) is 1.55. The van der Waals surface area contributed by atoms with Crippen molar-refractivity contribution < 1.29 is 19.1 Å². The molecular weight excluding hydrogens is 256 g/mol. The van der Waals surface area contributed by atoms with Gasteiger partial charge in [0.1, 0.15) is 11.7 Å². The lowest BCUT2D eigenvalue weighted by molar-refractivity contribution is -0.149. The van der Waals surface area contributed by atoms with Gasteiger partial charge in [-0.1, -0.05) is 32.1 Å². The molecule has 1 aliphatic rings. The van der Waals surface area contributed by atoms with Crippen LogP contribution in [0.5, 0.6) is 0 Å². The number of methoxy groups -OCH3 is 1. The van der Waals surface area contributed by atoms with Crippen molar-refractivity contribution in [2.75, 3.05) is 20.3 Å². The zero-order valence-corrected chi connectivity index (χ0v) is 12.7. The lowest BCUT2D eigenvalue weighted by Gasteiger charge is -2.13. The molecule has 20 heavy (non-hydrogen) atoms. The largest absolute Gasteiger partial charge is 0.468 e. The Morgan fingerprint density at radius 3 is 2.30 bits per heavy atom. The van der Waals surface area contributed by atoms with Crippen molar-refractivity contribution >= 4 is 11.8 Å². The highest BCUT2D eigenvalue weighted by atomic mass is 16.5. The van der Waals surface area contributed by atoms with Crippen molar-refractivity contribution in [3.8, 4) is 0 Å². The maximum absolute atomic E-state index is 12.1. The van der Waals surface area contributed by atoms with Crippen LogP contribution in [0.3, 0.4) is 0 Å². The quantitative estimate of drug-likeness (QED) is 0.548. The maximum Gasteiger partial charge on any atom is 0.316 e. The summed E-state index contributed by atoms with van der Waals surface area (Å²) in [5.74, 6) is -0.881. The van der Waals surface area contributed by atoms with Gasteiger partial charge >= 0.3 is 5.97 Å². The first-order valence-electron chi connectivity index (χ1n) is 7.94. The zero-order valence-electron chi connectivity index (χ0n) is 12.7. The number of ketones is 1. The molecule has 0 aliphatic carbocycles. The van der Waals surface area contributed by atoms with E-state index in [1.54, 1.807) is 0 Å². The van der Waals surface area contributed by atoms with Gasteiger partial charge in [0.2, 0.25) is 0 Å². The number of rotatable bonds is 1. The second-order valence-corrected chi connectivity index (χ2v) is 5.52. The third kappa shape index (κ3) is 7.04. The van der Waals surface area contributed by atoms with Gasteiger partial charge in [0.15, 0.2) is 0 Å². The van der Waals surface area contributed by atoms with Gasteiger partial charge in [0.05, 0.1) is 7.11 Å². The number of hydrogen-bond donors (Lipinski definition) is 0. The number of carbonyl (C=O) groups is 2. The average Bonchev–Trinajstić information content (AvgIpc) is 2.46. The smallest absolute Gasteiger partial charge is 0.316 e. The van der Waals surface area contributed by atoms with Crippen molar-refractivity contribution in [2.24, 2.45) is 5.92 Å². The van der Waals surface area contributed by atoms with Crippen molar-refractivity contribution in [1.82, 2.24) is 0 Å². The third-order valence-corrected chi connectivity index (χ3v) is 3.87. The Hall–Kier alpha value is -0.900. The van der Waals surface area contributed by atoms with Crippen molar-refractivity contribution in [3.05, 3.63) is 0 Å². The Balaban J connectivity index is 2.46. The first-order chi connectivity index (χ1) is 9.75. The van der Waals surface area contributed by atoms with E-state index in [0.29, 0.717) is 12.8 Å². The highest BCUT2D eigenvalue weighted by Crippen LogP contribution is 2.17. The summed E-state index contributed by atoms with van der Waals surface area (Å²) in [5, 5.41) is 0. The topological polar surface area (TPSA) is 52.6 Å². The molecule has 1 unspecified atom stereocenters. The second-order valence-electron chi connectivity index (χ2n) is 5.52. The van der Waals surface area contributed by atoms with Crippen LogP contribution in [0.1, 0.15) is 64.2 Å². The minimum atomic E-state index is -0.550. The highest BCUT2D eigenvalue weighted by Gasteiger charge is 2.26. The van der Waals surface area contributed by atoms with Gasteiger partial charge in [-0.2, -0.15) is 0 Å². The number of carbonyl (C=O) groups excluding carboxylic acids is 2. The van der Waals surface area contributed by atoms with E-state index in [4.69, 9.17) is 9.47 Å². The van der Waals surface area contributed by atoms with Crippen LogP contribution in [0.2, 0.25) is 0 Å². The molecule has 1 fully saturated rings. The molecule has 1 aliphatic heterocycles.